The van der Waals surface area contributed by atoms with Gasteiger partial charge in [0.1, 0.15) is 6.42 Å². The molecule has 0 unspecified atom stereocenters. The molecule has 0 bridgehead atoms. The third kappa shape index (κ3) is 9.29. The molecule has 4 radical (unpaired) electrons. The van der Waals surface area contributed by atoms with E-state index in [2.05, 4.69) is 0 Å². The minimum absolute atomic E-state index is 0. The fourth-order valence-corrected chi connectivity index (χ4v) is 0.129. The van der Waals surface area contributed by atoms with Crippen LogP contribution in [0.4, 0.5) is 0 Å². The first-order chi connectivity index (χ1) is 3.13. The van der Waals surface area contributed by atoms with Gasteiger partial charge in [-0.2, -0.15) is 0 Å². The zero-order valence-corrected chi connectivity index (χ0v) is 7.81. The molecular formula is C3H4O4Pb. The van der Waals surface area contributed by atoms with Crippen molar-refractivity contribution < 1.29 is 19.8 Å². The smallest absolute Gasteiger partial charge is 0.314 e. The first-order valence-electron chi connectivity index (χ1n) is 1.56. The van der Waals surface area contributed by atoms with Gasteiger partial charge in [0.2, 0.25) is 0 Å². The van der Waals surface area contributed by atoms with Gasteiger partial charge in [0.05, 0.1) is 0 Å². The molecule has 0 saturated carbocycles. The number of carboxylic acids is 2. The Kier molecular flexibility index (Phi) is 6.74. The van der Waals surface area contributed by atoms with Crippen molar-refractivity contribution in [1.29, 1.82) is 0 Å². The van der Waals surface area contributed by atoms with Crippen molar-refractivity contribution in [2.75, 3.05) is 0 Å². The summed E-state index contributed by atoms with van der Waals surface area (Å²) in [6.07, 6.45) is -0.806. The number of rotatable bonds is 2. The van der Waals surface area contributed by atoms with Crippen LogP contribution < -0.4 is 0 Å². The first-order valence-corrected chi connectivity index (χ1v) is 1.56. The van der Waals surface area contributed by atoms with Gasteiger partial charge >= 0.3 is 11.9 Å². The number of carbonyl (C=O) groups is 2. The summed E-state index contributed by atoms with van der Waals surface area (Å²) in [6.45, 7) is 0. The molecule has 2 N–H and O–H groups in total. The molecule has 0 amide bonds. The Hall–Kier alpha value is -0.138. The average Bonchev–Trinajstić information content (AvgIpc) is 1.27. The van der Waals surface area contributed by atoms with Gasteiger partial charge in [0, 0.05) is 27.3 Å². The maximum atomic E-state index is 9.43. The number of hydrogen-bond donors (Lipinski definition) is 2. The van der Waals surface area contributed by atoms with E-state index in [9.17, 15) is 9.59 Å². The molecular weight excluding hydrogens is 307 g/mol. The minimum atomic E-state index is -1.31. The van der Waals surface area contributed by atoms with Gasteiger partial charge in [0.25, 0.3) is 0 Å². The summed E-state index contributed by atoms with van der Waals surface area (Å²) in [7, 11) is 0. The molecule has 0 fully saturated rings. The Morgan fingerprint density at radius 2 is 1.38 bits per heavy atom. The molecule has 4 nitrogen and oxygen atoms in total. The van der Waals surface area contributed by atoms with Crippen LogP contribution in [0.2, 0.25) is 0 Å². The molecule has 0 aromatic carbocycles. The van der Waals surface area contributed by atoms with Crippen molar-refractivity contribution >= 4 is 39.2 Å². The van der Waals surface area contributed by atoms with Crippen LogP contribution in [0.15, 0.2) is 0 Å². The van der Waals surface area contributed by atoms with E-state index in [0.717, 1.165) is 0 Å². The van der Waals surface area contributed by atoms with E-state index >= 15 is 0 Å². The van der Waals surface area contributed by atoms with Gasteiger partial charge < -0.3 is 10.2 Å². The van der Waals surface area contributed by atoms with Gasteiger partial charge in [-0.25, -0.2) is 0 Å². The third-order valence-electron chi connectivity index (χ3n) is 0.302. The second-order valence-corrected chi connectivity index (χ2v) is 0.964. The Morgan fingerprint density at radius 3 is 1.38 bits per heavy atom. The van der Waals surface area contributed by atoms with E-state index in [-0.39, 0.29) is 27.3 Å². The Labute approximate surface area is 65.7 Å². The zero-order chi connectivity index (χ0) is 5.86. The molecule has 0 aliphatic heterocycles. The Morgan fingerprint density at radius 1 is 1.12 bits per heavy atom. The summed E-state index contributed by atoms with van der Waals surface area (Å²) < 4.78 is 0. The molecule has 0 rings (SSSR count). The SMILES string of the molecule is O=C(O)CC(=O)O.[Pb]. The fraction of sp³-hybridized carbons (Fsp3) is 0.333. The van der Waals surface area contributed by atoms with Crippen molar-refractivity contribution in [2.45, 2.75) is 6.42 Å². The largest absolute Gasteiger partial charge is 0.481 e. The molecule has 0 aromatic heterocycles. The van der Waals surface area contributed by atoms with Gasteiger partial charge in [0.15, 0.2) is 0 Å². The Balaban J connectivity index is 0. The van der Waals surface area contributed by atoms with Crippen LogP contribution in [0.25, 0.3) is 0 Å². The first kappa shape index (κ1) is 10.8. The average molecular weight is 311 g/mol. The van der Waals surface area contributed by atoms with Crippen LogP contribution in [-0.2, 0) is 9.59 Å². The van der Waals surface area contributed by atoms with Crippen LogP contribution in [0.1, 0.15) is 6.42 Å². The number of hydrogen-bond acceptors (Lipinski definition) is 2. The summed E-state index contributed by atoms with van der Waals surface area (Å²) >= 11 is 0. The summed E-state index contributed by atoms with van der Waals surface area (Å²) in [5.41, 5.74) is 0. The second-order valence-electron chi connectivity index (χ2n) is 0.964. The van der Waals surface area contributed by atoms with Crippen LogP contribution in [0.3, 0.4) is 0 Å². The van der Waals surface area contributed by atoms with Gasteiger partial charge in [-0.1, -0.05) is 0 Å². The normalized spacial score (nSPS) is 7.00. The van der Waals surface area contributed by atoms with Crippen molar-refractivity contribution in [3.8, 4) is 0 Å². The van der Waals surface area contributed by atoms with Crippen LogP contribution >= 0.6 is 0 Å². The summed E-state index contributed by atoms with van der Waals surface area (Å²) in [4.78, 5) is 18.9. The van der Waals surface area contributed by atoms with Crippen LogP contribution in [0.5, 0.6) is 0 Å². The molecule has 0 spiro atoms. The molecule has 44 valence electrons. The molecule has 8 heavy (non-hydrogen) atoms. The van der Waals surface area contributed by atoms with E-state index in [4.69, 9.17) is 10.2 Å². The quantitative estimate of drug-likeness (QED) is 0.515. The third-order valence-corrected chi connectivity index (χ3v) is 0.302. The van der Waals surface area contributed by atoms with Gasteiger partial charge in [-0.3, -0.25) is 9.59 Å². The molecule has 0 aromatic rings. The standard InChI is InChI=1S/C3H4O4.Pb/c4-2(5)1-3(6)7;/h1H2,(H,4,5)(H,6,7);. The van der Waals surface area contributed by atoms with E-state index in [0.29, 0.717) is 0 Å². The van der Waals surface area contributed by atoms with E-state index < -0.39 is 18.4 Å². The van der Waals surface area contributed by atoms with E-state index in [1.165, 1.54) is 0 Å². The number of carboxylic acid groups (broad SMARTS) is 2. The zero-order valence-electron chi connectivity index (χ0n) is 3.92. The van der Waals surface area contributed by atoms with Crippen LogP contribution in [-0.4, -0.2) is 49.5 Å². The molecule has 5 heteroatoms. The van der Waals surface area contributed by atoms with Crippen LogP contribution in [0, 0.1) is 0 Å². The van der Waals surface area contributed by atoms with Crippen molar-refractivity contribution in [3.63, 3.8) is 0 Å². The maximum absolute atomic E-state index is 9.43. The summed E-state index contributed by atoms with van der Waals surface area (Å²) in [6, 6.07) is 0. The molecule has 0 atom stereocenters. The molecule has 0 heterocycles. The number of aliphatic carboxylic acids is 2. The monoisotopic (exact) mass is 312 g/mol. The van der Waals surface area contributed by atoms with Crippen molar-refractivity contribution in [1.82, 2.24) is 0 Å². The van der Waals surface area contributed by atoms with E-state index in [1.54, 1.807) is 0 Å². The Bertz CT molecular complexity index is 87.5. The molecule has 0 saturated heterocycles. The summed E-state index contributed by atoms with van der Waals surface area (Å²) in [5, 5.41) is 15.4. The fourth-order valence-electron chi connectivity index (χ4n) is 0.129. The van der Waals surface area contributed by atoms with Crippen molar-refractivity contribution in [3.05, 3.63) is 0 Å². The topological polar surface area (TPSA) is 74.6 Å². The van der Waals surface area contributed by atoms with Crippen molar-refractivity contribution in [2.24, 2.45) is 0 Å². The molecule has 0 aliphatic rings. The predicted octanol–water partition coefficient (Wildman–Crippen LogP) is -0.835. The second kappa shape index (κ2) is 5.01. The van der Waals surface area contributed by atoms with E-state index in [1.807, 2.05) is 0 Å². The van der Waals surface area contributed by atoms with Gasteiger partial charge in [-0.15, -0.1) is 0 Å². The maximum Gasteiger partial charge on any atom is 0.314 e. The minimum Gasteiger partial charge on any atom is -0.481 e. The predicted molar refractivity (Wildman–Crippen MR) is 25.6 cm³/mol. The van der Waals surface area contributed by atoms with Gasteiger partial charge in [-0.05, 0) is 0 Å². The molecule has 0 aliphatic carbocycles. The summed E-state index contributed by atoms with van der Waals surface area (Å²) in [5.74, 6) is -2.62.